The second-order valence-corrected chi connectivity index (χ2v) is 6.40. The third-order valence-corrected chi connectivity index (χ3v) is 4.45. The second-order valence-electron chi connectivity index (χ2n) is 6.40. The van der Waals surface area contributed by atoms with Crippen LogP contribution in [0.5, 0.6) is 11.5 Å². The number of para-hydroxylation sites is 1. The van der Waals surface area contributed by atoms with E-state index in [0.29, 0.717) is 30.4 Å². The van der Waals surface area contributed by atoms with Crippen molar-refractivity contribution < 1.29 is 14.3 Å². The Kier molecular flexibility index (Phi) is 4.80. The number of benzene rings is 2. The maximum absolute atomic E-state index is 12.7. The lowest BCUT2D eigenvalue weighted by molar-refractivity contribution is 0.0933. The lowest BCUT2D eigenvalue weighted by Crippen LogP contribution is -2.30. The van der Waals surface area contributed by atoms with Crippen molar-refractivity contribution in [2.45, 2.75) is 13.0 Å². The van der Waals surface area contributed by atoms with Gasteiger partial charge in [-0.1, -0.05) is 24.3 Å². The van der Waals surface area contributed by atoms with Crippen molar-refractivity contribution in [2.75, 3.05) is 13.2 Å². The van der Waals surface area contributed by atoms with Crippen LogP contribution in [0.3, 0.4) is 0 Å². The van der Waals surface area contributed by atoms with Crippen LogP contribution in [0.2, 0.25) is 0 Å². The minimum absolute atomic E-state index is 0.160. The molecule has 0 radical (unpaired) electrons. The molecule has 1 unspecified atom stereocenters. The molecule has 3 aromatic rings. The van der Waals surface area contributed by atoms with Gasteiger partial charge in [-0.15, -0.1) is 0 Å². The second kappa shape index (κ2) is 7.56. The number of aromatic nitrogens is 2. The first-order valence-electron chi connectivity index (χ1n) is 8.98. The van der Waals surface area contributed by atoms with E-state index in [4.69, 9.17) is 9.47 Å². The quantitative estimate of drug-likeness (QED) is 0.755. The zero-order valence-electron chi connectivity index (χ0n) is 15.3. The molecule has 28 heavy (non-hydrogen) atoms. The number of hydrogen-bond donors (Lipinski definition) is 1. The van der Waals surface area contributed by atoms with Gasteiger partial charge in [0.05, 0.1) is 11.7 Å². The van der Waals surface area contributed by atoms with E-state index in [2.05, 4.69) is 10.4 Å². The molecule has 0 spiro atoms. The first-order chi connectivity index (χ1) is 13.6. The Morgan fingerprint density at radius 1 is 1.04 bits per heavy atom. The molecule has 0 bridgehead atoms. The molecule has 1 aromatic heterocycles. The smallest absolute Gasteiger partial charge is 0.272 e. The van der Waals surface area contributed by atoms with Crippen LogP contribution in [0.15, 0.2) is 65.5 Å². The van der Waals surface area contributed by atoms with Crippen LogP contribution in [0.1, 0.15) is 29.0 Å². The zero-order valence-corrected chi connectivity index (χ0v) is 15.3. The van der Waals surface area contributed by atoms with Crippen molar-refractivity contribution in [3.63, 3.8) is 0 Å². The van der Waals surface area contributed by atoms with E-state index in [-0.39, 0.29) is 23.2 Å². The highest BCUT2D eigenvalue weighted by Crippen LogP contribution is 2.32. The third kappa shape index (κ3) is 3.59. The van der Waals surface area contributed by atoms with Gasteiger partial charge in [-0.3, -0.25) is 9.59 Å². The number of fused-ring (bicyclic) bond motifs is 1. The highest BCUT2D eigenvalue weighted by Gasteiger charge is 2.17. The van der Waals surface area contributed by atoms with Gasteiger partial charge in [0.2, 0.25) is 0 Å². The molecule has 1 amide bonds. The lowest BCUT2D eigenvalue weighted by atomic mass is 10.1. The molecule has 4 rings (SSSR count). The predicted molar refractivity (Wildman–Crippen MR) is 103 cm³/mol. The summed E-state index contributed by atoms with van der Waals surface area (Å²) in [5.74, 6) is 0.998. The number of ether oxygens (including phenoxy) is 2. The van der Waals surface area contributed by atoms with Crippen molar-refractivity contribution in [3.8, 4) is 17.2 Å². The molecule has 2 aromatic carbocycles. The van der Waals surface area contributed by atoms with E-state index in [0.717, 1.165) is 5.56 Å². The Morgan fingerprint density at radius 2 is 1.79 bits per heavy atom. The standard InChI is InChI=1S/C21H19N3O4/c1-14(15-7-9-18-19(13-15)28-12-11-27-18)22-21(26)17-8-10-20(25)24(23-17)16-5-3-2-4-6-16/h2-10,13-14H,11-12H2,1H3,(H,22,26). The van der Waals surface area contributed by atoms with Gasteiger partial charge in [0, 0.05) is 6.07 Å². The summed E-state index contributed by atoms with van der Waals surface area (Å²) in [6.45, 7) is 2.90. The van der Waals surface area contributed by atoms with Gasteiger partial charge < -0.3 is 14.8 Å². The maximum Gasteiger partial charge on any atom is 0.272 e. The SMILES string of the molecule is CC(NC(=O)c1ccc(=O)n(-c2ccccc2)n1)c1ccc2c(c1)OCCO2. The predicted octanol–water partition coefficient (Wildman–Crippen LogP) is 2.49. The van der Waals surface area contributed by atoms with Gasteiger partial charge >= 0.3 is 0 Å². The van der Waals surface area contributed by atoms with Gasteiger partial charge in [0.15, 0.2) is 11.5 Å². The Hall–Kier alpha value is -3.61. The van der Waals surface area contributed by atoms with Crippen molar-refractivity contribution in [1.29, 1.82) is 0 Å². The molecule has 0 aliphatic carbocycles. The first-order valence-corrected chi connectivity index (χ1v) is 8.98. The average molecular weight is 377 g/mol. The van der Waals surface area contributed by atoms with Crippen LogP contribution in [0.4, 0.5) is 0 Å². The summed E-state index contributed by atoms with van der Waals surface area (Å²) in [5.41, 5.74) is 1.34. The Labute approximate surface area is 161 Å². The summed E-state index contributed by atoms with van der Waals surface area (Å²) in [6.07, 6.45) is 0. The molecule has 1 aliphatic rings. The molecular formula is C21H19N3O4. The molecule has 0 saturated heterocycles. The highest BCUT2D eigenvalue weighted by atomic mass is 16.6. The Bertz CT molecular complexity index is 1060. The Balaban J connectivity index is 1.54. The maximum atomic E-state index is 12.7. The van der Waals surface area contributed by atoms with Crippen molar-refractivity contribution in [3.05, 3.63) is 82.3 Å². The number of amides is 1. The van der Waals surface area contributed by atoms with Gasteiger partial charge in [0.25, 0.3) is 11.5 Å². The summed E-state index contributed by atoms with van der Waals surface area (Å²) in [4.78, 5) is 24.8. The molecule has 1 aliphatic heterocycles. The summed E-state index contributed by atoms with van der Waals surface area (Å²) < 4.78 is 12.3. The number of rotatable bonds is 4. The topological polar surface area (TPSA) is 82.5 Å². The summed E-state index contributed by atoms with van der Waals surface area (Å²) in [7, 11) is 0. The monoisotopic (exact) mass is 377 g/mol. The first kappa shape index (κ1) is 17.8. The molecule has 1 atom stereocenters. The van der Waals surface area contributed by atoms with Gasteiger partial charge in [-0.05, 0) is 42.8 Å². The molecule has 0 saturated carbocycles. The number of carbonyl (C=O) groups excluding carboxylic acids is 1. The van der Waals surface area contributed by atoms with Crippen LogP contribution in [0.25, 0.3) is 5.69 Å². The van der Waals surface area contributed by atoms with E-state index in [1.54, 1.807) is 24.3 Å². The highest BCUT2D eigenvalue weighted by molar-refractivity contribution is 5.92. The summed E-state index contributed by atoms with van der Waals surface area (Å²) in [5, 5.41) is 7.11. The van der Waals surface area contributed by atoms with Gasteiger partial charge in [-0.2, -0.15) is 9.78 Å². The van der Waals surface area contributed by atoms with Crippen LogP contribution in [0, 0.1) is 0 Å². The number of nitrogens with zero attached hydrogens (tertiary/aromatic N) is 2. The molecule has 7 nitrogen and oxygen atoms in total. The van der Waals surface area contributed by atoms with Crippen molar-refractivity contribution >= 4 is 5.91 Å². The fourth-order valence-electron chi connectivity index (χ4n) is 2.97. The van der Waals surface area contributed by atoms with Crippen molar-refractivity contribution in [2.24, 2.45) is 0 Å². The fraction of sp³-hybridized carbons (Fsp3) is 0.190. The average Bonchev–Trinajstić information content (AvgIpc) is 2.74. The van der Waals surface area contributed by atoms with E-state index < -0.39 is 0 Å². The van der Waals surface area contributed by atoms with Crippen LogP contribution < -0.4 is 20.3 Å². The molecular weight excluding hydrogens is 358 g/mol. The molecule has 0 fully saturated rings. The molecule has 7 heteroatoms. The van der Waals surface area contributed by atoms with E-state index in [9.17, 15) is 9.59 Å². The minimum atomic E-state index is -0.368. The van der Waals surface area contributed by atoms with Gasteiger partial charge in [0.1, 0.15) is 18.9 Å². The van der Waals surface area contributed by atoms with Crippen LogP contribution >= 0.6 is 0 Å². The molecule has 2 heterocycles. The zero-order chi connectivity index (χ0) is 19.5. The van der Waals surface area contributed by atoms with Gasteiger partial charge in [-0.25, -0.2) is 0 Å². The summed E-state index contributed by atoms with van der Waals surface area (Å²) >= 11 is 0. The normalized spacial score (nSPS) is 13.6. The van der Waals surface area contributed by atoms with E-state index in [1.165, 1.54) is 16.8 Å². The number of carbonyl (C=O) groups is 1. The van der Waals surface area contributed by atoms with Crippen LogP contribution in [-0.2, 0) is 0 Å². The lowest BCUT2D eigenvalue weighted by Gasteiger charge is -2.21. The van der Waals surface area contributed by atoms with Crippen LogP contribution in [-0.4, -0.2) is 28.9 Å². The summed E-state index contributed by atoms with van der Waals surface area (Å²) in [6, 6.07) is 17.0. The minimum Gasteiger partial charge on any atom is -0.486 e. The third-order valence-electron chi connectivity index (χ3n) is 4.45. The van der Waals surface area contributed by atoms with E-state index in [1.807, 2.05) is 31.2 Å². The Morgan fingerprint density at radius 3 is 2.57 bits per heavy atom. The number of nitrogens with one attached hydrogen (secondary N) is 1. The fourth-order valence-corrected chi connectivity index (χ4v) is 2.97. The molecule has 142 valence electrons. The molecule has 1 N–H and O–H groups in total. The number of hydrogen-bond acceptors (Lipinski definition) is 5. The largest absolute Gasteiger partial charge is 0.486 e. The van der Waals surface area contributed by atoms with Crippen molar-refractivity contribution in [1.82, 2.24) is 15.1 Å². The van der Waals surface area contributed by atoms with E-state index >= 15 is 0 Å².